The van der Waals surface area contributed by atoms with Crippen molar-refractivity contribution in [2.75, 3.05) is 27.2 Å². The van der Waals surface area contributed by atoms with Gasteiger partial charge in [0.05, 0.1) is 21.6 Å². The molecule has 1 amide bonds. The Bertz CT molecular complexity index is 934. The third-order valence-electron chi connectivity index (χ3n) is 4.33. The maximum atomic E-state index is 13.9. The number of halogens is 2. The molecule has 142 valence electrons. The van der Waals surface area contributed by atoms with Crippen LogP contribution in [0.3, 0.4) is 0 Å². The van der Waals surface area contributed by atoms with Crippen molar-refractivity contribution in [2.24, 2.45) is 0 Å². The Kier molecular flexibility index (Phi) is 6.08. The van der Waals surface area contributed by atoms with Gasteiger partial charge in [0.25, 0.3) is 5.91 Å². The average Bonchev–Trinajstić information content (AvgIpc) is 2.97. The van der Waals surface area contributed by atoms with E-state index in [0.29, 0.717) is 13.0 Å². The van der Waals surface area contributed by atoms with Gasteiger partial charge in [0.15, 0.2) is 0 Å². The number of nitrogens with zero attached hydrogens (tertiary/aromatic N) is 3. The van der Waals surface area contributed by atoms with Gasteiger partial charge in [-0.25, -0.2) is 9.37 Å². The first-order chi connectivity index (χ1) is 13.0. The minimum atomic E-state index is -0.627. The van der Waals surface area contributed by atoms with E-state index in [1.54, 1.807) is 0 Å². The van der Waals surface area contributed by atoms with Gasteiger partial charge in [-0.15, -0.1) is 0 Å². The van der Waals surface area contributed by atoms with Gasteiger partial charge in [-0.3, -0.25) is 4.79 Å². The summed E-state index contributed by atoms with van der Waals surface area (Å²) in [6.07, 6.45) is 0.542. The Morgan fingerprint density at radius 2 is 2.00 bits per heavy atom. The largest absolute Gasteiger partial charge is 0.351 e. The van der Waals surface area contributed by atoms with Crippen LogP contribution >= 0.6 is 11.6 Å². The van der Waals surface area contributed by atoms with Crippen molar-refractivity contribution in [1.29, 1.82) is 0 Å². The molecule has 0 atom stereocenters. The van der Waals surface area contributed by atoms with Crippen molar-refractivity contribution in [2.45, 2.75) is 13.0 Å². The molecule has 1 N–H and O–H groups in total. The number of carbonyl (C=O) groups is 1. The summed E-state index contributed by atoms with van der Waals surface area (Å²) in [5.74, 6) is -0.259. The molecule has 0 aliphatic heterocycles. The van der Waals surface area contributed by atoms with Gasteiger partial charge in [-0.05, 0) is 38.4 Å². The van der Waals surface area contributed by atoms with Gasteiger partial charge in [-0.2, -0.15) is 0 Å². The first-order valence-electron chi connectivity index (χ1n) is 8.78. The van der Waals surface area contributed by atoms with E-state index in [0.717, 1.165) is 29.9 Å². The van der Waals surface area contributed by atoms with E-state index in [2.05, 4.69) is 19.8 Å². The number of amides is 1. The normalized spacial score (nSPS) is 11.3. The van der Waals surface area contributed by atoms with E-state index in [-0.39, 0.29) is 10.6 Å². The highest BCUT2D eigenvalue weighted by molar-refractivity contribution is 6.33. The van der Waals surface area contributed by atoms with Crippen LogP contribution in [0.15, 0.2) is 42.5 Å². The molecule has 3 aromatic rings. The highest BCUT2D eigenvalue weighted by atomic mass is 35.5. The monoisotopic (exact) mass is 388 g/mol. The summed E-state index contributed by atoms with van der Waals surface area (Å²) >= 11 is 5.95. The standard InChI is InChI=1S/C20H22ClFN4O/c1-25(2)12-13-26-17-9-4-3-8-16(17)24-18(26)10-11-23-20(27)19-14(21)6-5-7-15(19)22/h3-9H,10-13H2,1-2H3,(H,23,27). The molecule has 0 radical (unpaired) electrons. The Labute approximate surface area is 162 Å². The van der Waals surface area contributed by atoms with Crippen LogP contribution in [0.4, 0.5) is 4.39 Å². The second-order valence-electron chi connectivity index (χ2n) is 6.57. The van der Waals surface area contributed by atoms with Crippen molar-refractivity contribution < 1.29 is 9.18 Å². The number of hydrogen-bond acceptors (Lipinski definition) is 3. The molecular formula is C20H22ClFN4O. The maximum absolute atomic E-state index is 13.9. The lowest BCUT2D eigenvalue weighted by Gasteiger charge is -2.14. The smallest absolute Gasteiger partial charge is 0.255 e. The van der Waals surface area contributed by atoms with Gasteiger partial charge >= 0.3 is 0 Å². The van der Waals surface area contributed by atoms with Crippen molar-refractivity contribution in [1.82, 2.24) is 19.8 Å². The molecule has 7 heteroatoms. The fourth-order valence-corrected chi connectivity index (χ4v) is 3.21. The number of nitrogens with one attached hydrogen (secondary N) is 1. The number of aromatic nitrogens is 2. The minimum absolute atomic E-state index is 0.103. The lowest BCUT2D eigenvalue weighted by molar-refractivity contribution is 0.0950. The average molecular weight is 389 g/mol. The van der Waals surface area contributed by atoms with E-state index >= 15 is 0 Å². The molecule has 2 aromatic carbocycles. The molecule has 27 heavy (non-hydrogen) atoms. The van der Waals surface area contributed by atoms with Gasteiger partial charge in [-0.1, -0.05) is 29.8 Å². The molecule has 0 unspecified atom stereocenters. The molecule has 3 rings (SSSR count). The maximum Gasteiger partial charge on any atom is 0.255 e. The molecule has 0 aliphatic carbocycles. The highest BCUT2D eigenvalue weighted by Crippen LogP contribution is 2.19. The summed E-state index contributed by atoms with van der Waals surface area (Å²) in [5, 5.41) is 2.84. The van der Waals surface area contributed by atoms with E-state index in [1.165, 1.54) is 18.2 Å². The third kappa shape index (κ3) is 4.46. The molecule has 1 aromatic heterocycles. The second kappa shape index (κ2) is 8.50. The first kappa shape index (κ1) is 19.3. The quantitative estimate of drug-likeness (QED) is 0.675. The van der Waals surface area contributed by atoms with E-state index in [4.69, 9.17) is 11.6 Å². The van der Waals surface area contributed by atoms with Crippen LogP contribution < -0.4 is 5.32 Å². The zero-order valence-corrected chi connectivity index (χ0v) is 16.1. The van der Waals surface area contributed by atoms with Gasteiger partial charge in [0.1, 0.15) is 11.6 Å². The second-order valence-corrected chi connectivity index (χ2v) is 6.98. The summed E-state index contributed by atoms with van der Waals surface area (Å²) in [5.41, 5.74) is 1.87. The van der Waals surface area contributed by atoms with Crippen LogP contribution in [0, 0.1) is 5.82 Å². The zero-order valence-electron chi connectivity index (χ0n) is 15.4. The van der Waals surface area contributed by atoms with Crippen LogP contribution in [0.25, 0.3) is 11.0 Å². The molecule has 0 saturated heterocycles. The molecule has 0 saturated carbocycles. The fraction of sp³-hybridized carbons (Fsp3) is 0.300. The Balaban J connectivity index is 1.73. The van der Waals surface area contributed by atoms with Crippen molar-refractivity contribution in [3.63, 3.8) is 0 Å². The molecule has 0 spiro atoms. The number of hydrogen-bond donors (Lipinski definition) is 1. The lowest BCUT2D eigenvalue weighted by Crippen LogP contribution is -2.28. The van der Waals surface area contributed by atoms with Gasteiger partial charge < -0.3 is 14.8 Å². The number of rotatable bonds is 7. The van der Waals surface area contributed by atoms with Crippen molar-refractivity contribution in [3.8, 4) is 0 Å². The summed E-state index contributed by atoms with van der Waals surface area (Å²) in [4.78, 5) is 19.1. The Morgan fingerprint density at radius 3 is 2.74 bits per heavy atom. The summed E-state index contributed by atoms with van der Waals surface area (Å²) in [6.45, 7) is 2.02. The molecule has 0 fully saturated rings. The molecule has 1 heterocycles. The predicted molar refractivity (Wildman–Crippen MR) is 106 cm³/mol. The highest BCUT2D eigenvalue weighted by Gasteiger charge is 2.16. The number of carbonyl (C=O) groups excluding carboxylic acids is 1. The van der Waals surface area contributed by atoms with Crippen LogP contribution in [0.1, 0.15) is 16.2 Å². The lowest BCUT2D eigenvalue weighted by atomic mass is 10.2. The van der Waals surface area contributed by atoms with Gasteiger partial charge in [0, 0.05) is 26.1 Å². The van der Waals surface area contributed by atoms with Crippen LogP contribution in [0.5, 0.6) is 0 Å². The number of imidazole rings is 1. The van der Waals surface area contributed by atoms with Gasteiger partial charge in [0.2, 0.25) is 0 Å². The van der Waals surface area contributed by atoms with E-state index in [9.17, 15) is 9.18 Å². The van der Waals surface area contributed by atoms with Crippen molar-refractivity contribution >= 4 is 28.5 Å². The number of para-hydroxylation sites is 2. The Morgan fingerprint density at radius 1 is 1.22 bits per heavy atom. The number of fused-ring (bicyclic) bond motifs is 1. The van der Waals surface area contributed by atoms with Crippen LogP contribution in [-0.4, -0.2) is 47.5 Å². The fourth-order valence-electron chi connectivity index (χ4n) is 2.96. The summed E-state index contributed by atoms with van der Waals surface area (Å²) in [7, 11) is 4.05. The molecule has 5 nitrogen and oxygen atoms in total. The molecule has 0 aliphatic rings. The molecule has 0 bridgehead atoms. The van der Waals surface area contributed by atoms with Crippen LogP contribution in [0.2, 0.25) is 5.02 Å². The van der Waals surface area contributed by atoms with E-state index < -0.39 is 11.7 Å². The SMILES string of the molecule is CN(C)CCn1c(CCNC(=O)c2c(F)cccc2Cl)nc2ccccc21. The number of likely N-dealkylation sites (N-methyl/N-ethyl adjacent to an activating group) is 1. The predicted octanol–water partition coefficient (Wildman–Crippen LogP) is 3.36. The number of benzene rings is 2. The molecular weight excluding hydrogens is 367 g/mol. The zero-order chi connectivity index (χ0) is 19.4. The van der Waals surface area contributed by atoms with E-state index in [1.807, 2.05) is 38.4 Å². The van der Waals surface area contributed by atoms with Crippen molar-refractivity contribution in [3.05, 3.63) is 64.7 Å². The first-order valence-corrected chi connectivity index (χ1v) is 9.16. The summed E-state index contributed by atoms with van der Waals surface area (Å²) in [6, 6.07) is 12.2. The summed E-state index contributed by atoms with van der Waals surface area (Å²) < 4.78 is 16.0. The topological polar surface area (TPSA) is 50.2 Å². The third-order valence-corrected chi connectivity index (χ3v) is 4.64. The van der Waals surface area contributed by atoms with Crippen LogP contribution in [-0.2, 0) is 13.0 Å². The Hall–Kier alpha value is -2.44. The minimum Gasteiger partial charge on any atom is -0.351 e.